The van der Waals surface area contributed by atoms with Gasteiger partial charge in [0.15, 0.2) is 6.20 Å². The van der Waals surface area contributed by atoms with E-state index in [0.29, 0.717) is 104 Å². The molecular formula is C54H54ClF3N9O5S2+. The predicted octanol–water partition coefficient (Wildman–Crippen LogP) is 7.74. The van der Waals surface area contributed by atoms with Gasteiger partial charge < -0.3 is 21.3 Å². The average Bonchev–Trinajstić information content (AvgIpc) is 3.83. The van der Waals surface area contributed by atoms with Crippen molar-refractivity contribution >= 4 is 89.9 Å². The number of carbonyl (C=O) groups is 5. The van der Waals surface area contributed by atoms with E-state index in [1.54, 1.807) is 31.5 Å². The number of hydrogen-bond acceptors (Lipinski definition) is 12. The first-order chi connectivity index (χ1) is 35.1. The molecule has 2 aliphatic carbocycles. The van der Waals surface area contributed by atoms with Crippen LogP contribution in [0.5, 0.6) is 0 Å². The molecule has 5 amide bonds. The zero-order valence-corrected chi connectivity index (χ0v) is 43.9. The van der Waals surface area contributed by atoms with Crippen molar-refractivity contribution in [2.45, 2.75) is 79.7 Å². The number of aromatic nitrogens is 3. The SMILES string of the molecule is Cc1cc(C(F)(F)F)nc(-c2cc[n+](-c3c(Cl)cc(-c4ccnc5cc(CN6C(=O)C7C(C6=O)C7(C)C)sc45)c(NC(=O)[C@H]4CCNC4)c3C)c3cc(CN4C(=O)C5C(C4=O)C5(C)C)sc23)c1CC1CNCCN1. The fraction of sp³-hybridized carbons (Fsp3) is 0.444. The van der Waals surface area contributed by atoms with Gasteiger partial charge in [0, 0.05) is 82.6 Å². The van der Waals surface area contributed by atoms with E-state index in [4.69, 9.17) is 11.6 Å². The fourth-order valence-corrected chi connectivity index (χ4v) is 15.1. The summed E-state index contributed by atoms with van der Waals surface area (Å²) in [5.74, 6) is -2.73. The first-order valence-corrected chi connectivity index (χ1v) is 27.1. The number of fused-ring (bicyclic) bond motifs is 4. The molecule has 6 aliphatic rings. The quantitative estimate of drug-likeness (QED) is 0.0744. The highest BCUT2D eigenvalue weighted by molar-refractivity contribution is 7.20. The number of alkyl halides is 3. The van der Waals surface area contributed by atoms with Crippen LogP contribution in [-0.2, 0) is 49.7 Å². The summed E-state index contributed by atoms with van der Waals surface area (Å²) in [4.78, 5) is 81.6. The molecule has 6 fully saturated rings. The first kappa shape index (κ1) is 49.2. The lowest BCUT2D eigenvalue weighted by Gasteiger charge is -2.26. The van der Waals surface area contributed by atoms with E-state index in [1.165, 1.54) is 32.5 Å². The van der Waals surface area contributed by atoms with E-state index in [2.05, 4.69) is 31.2 Å². The number of carbonyl (C=O) groups excluding carboxylic acids is 5. The molecule has 0 radical (unpaired) electrons. The van der Waals surface area contributed by atoms with Gasteiger partial charge in [-0.05, 0) is 79.5 Å². The summed E-state index contributed by atoms with van der Waals surface area (Å²) < 4.78 is 47.3. The number of piperazine rings is 1. The second kappa shape index (κ2) is 17.4. The molecule has 20 heteroatoms. The maximum atomic E-state index is 14.7. The number of benzene rings is 1. The standard InChI is InChI=1S/C54H53ClF3N9O5S2/c1-24-15-37(54(56,57)58)63-43(32(24)16-27-21-60-12-13-61-27)31-9-14-65(36-18-29(74-46(31)36)23-67-50(71)40-41(51(67)72)53(40,5)6)44-25(2)42(64-47(68)26-7-10-59-20-26)33(19-34(44)55)30-8-11-62-35-17-28(73-45(30)35)22-66-48(69)38-39(49(66)70)52(38,3)4/h8-9,11,14-15,17-19,26-27,38-41,59-61H,7,10,12-13,16,20-23H2,1-6H3/p+1/t26-,27?,38?,39?,40?,41?/m0/s1. The lowest BCUT2D eigenvalue weighted by molar-refractivity contribution is -0.567. The van der Waals surface area contributed by atoms with Gasteiger partial charge in [-0.15, -0.1) is 22.7 Å². The van der Waals surface area contributed by atoms with Crippen LogP contribution in [-0.4, -0.2) is 88.1 Å². The molecule has 384 valence electrons. The second-order valence-corrected chi connectivity index (χ2v) is 24.7. The number of likely N-dealkylation sites (tertiary alicyclic amines) is 2. The third kappa shape index (κ3) is 7.81. The number of nitrogens with zero attached hydrogens (tertiary/aromatic N) is 5. The molecule has 1 aromatic carbocycles. The molecule has 4 saturated heterocycles. The highest BCUT2D eigenvalue weighted by atomic mass is 35.5. The van der Waals surface area contributed by atoms with Crippen molar-refractivity contribution in [1.82, 2.24) is 35.7 Å². The Bertz CT molecular complexity index is 3400. The molecule has 0 spiro atoms. The number of aryl methyl sites for hydroxylation is 1. The number of pyridine rings is 3. The van der Waals surface area contributed by atoms with Crippen molar-refractivity contribution in [2.24, 2.45) is 40.4 Å². The highest BCUT2D eigenvalue weighted by Crippen LogP contribution is 2.64. The summed E-state index contributed by atoms with van der Waals surface area (Å²) in [5, 5.41) is 13.7. The van der Waals surface area contributed by atoms with Crippen molar-refractivity contribution < 1.29 is 41.7 Å². The van der Waals surface area contributed by atoms with Gasteiger partial charge in [0.25, 0.3) is 0 Å². The van der Waals surface area contributed by atoms with Crippen molar-refractivity contribution in [3.8, 4) is 28.1 Å². The minimum absolute atomic E-state index is 0.0262. The number of piperidine rings is 2. The normalized spacial score (nSPS) is 24.9. The molecular weight excluding hydrogens is 1010 g/mol. The molecule has 5 unspecified atom stereocenters. The smallest absolute Gasteiger partial charge is 0.325 e. The Morgan fingerprint density at radius 1 is 0.824 bits per heavy atom. The Hall–Kier alpha value is -5.70. The van der Waals surface area contributed by atoms with Crippen LogP contribution >= 0.6 is 34.3 Å². The maximum Gasteiger partial charge on any atom is 0.433 e. The average molecular weight is 1070 g/mol. The Labute approximate surface area is 437 Å². The fourth-order valence-electron chi connectivity index (χ4n) is 12.4. The highest BCUT2D eigenvalue weighted by Gasteiger charge is 2.73. The van der Waals surface area contributed by atoms with E-state index in [1.807, 2.05) is 57.4 Å². The summed E-state index contributed by atoms with van der Waals surface area (Å²) in [6.07, 6.45) is -0.280. The van der Waals surface area contributed by atoms with E-state index in [-0.39, 0.29) is 77.5 Å². The Kier molecular flexibility index (Phi) is 11.6. The van der Waals surface area contributed by atoms with Gasteiger partial charge in [-0.2, -0.15) is 17.7 Å². The van der Waals surface area contributed by atoms with Crippen LogP contribution in [0.1, 0.15) is 66.3 Å². The first-order valence-electron chi connectivity index (χ1n) is 25.1. The Balaban J connectivity index is 1.01. The Morgan fingerprint density at radius 2 is 1.46 bits per heavy atom. The van der Waals surface area contributed by atoms with Gasteiger partial charge in [-0.1, -0.05) is 39.3 Å². The predicted molar refractivity (Wildman–Crippen MR) is 275 cm³/mol. The van der Waals surface area contributed by atoms with Crippen LogP contribution in [0.2, 0.25) is 5.02 Å². The third-order valence-corrected chi connectivity index (χ3v) is 19.3. The number of thiophene rings is 2. The van der Waals surface area contributed by atoms with Gasteiger partial charge in [-0.3, -0.25) is 38.8 Å². The van der Waals surface area contributed by atoms with Crippen LogP contribution in [0.15, 0.2) is 48.8 Å². The molecule has 4 aliphatic heterocycles. The van der Waals surface area contributed by atoms with Crippen LogP contribution in [0.3, 0.4) is 0 Å². The summed E-state index contributed by atoms with van der Waals surface area (Å²) in [7, 11) is 0. The van der Waals surface area contributed by atoms with Crippen molar-refractivity contribution in [1.29, 1.82) is 0 Å². The molecule has 9 heterocycles. The van der Waals surface area contributed by atoms with Gasteiger partial charge in [0.2, 0.25) is 40.7 Å². The topological polar surface area (TPSA) is 170 Å². The van der Waals surface area contributed by atoms with Crippen molar-refractivity contribution in [3.05, 3.63) is 86.0 Å². The lowest BCUT2D eigenvalue weighted by Crippen LogP contribution is -2.49. The number of anilines is 1. The maximum absolute atomic E-state index is 14.7. The summed E-state index contributed by atoms with van der Waals surface area (Å²) >= 11 is 10.2. The zero-order valence-electron chi connectivity index (χ0n) is 41.6. The second-order valence-electron chi connectivity index (χ2n) is 22.0. The number of imide groups is 2. The molecule has 12 rings (SSSR count). The number of hydrogen-bond donors (Lipinski definition) is 4. The minimum atomic E-state index is -4.74. The van der Waals surface area contributed by atoms with Crippen LogP contribution < -0.4 is 25.8 Å². The molecule has 0 bridgehead atoms. The van der Waals surface area contributed by atoms with E-state index >= 15 is 0 Å². The number of amides is 5. The van der Waals surface area contributed by atoms with Crippen LogP contribution in [0, 0.1) is 54.3 Å². The van der Waals surface area contributed by atoms with Gasteiger partial charge in [0.1, 0.15) is 15.4 Å². The van der Waals surface area contributed by atoms with Crippen molar-refractivity contribution in [2.75, 3.05) is 38.0 Å². The molecule has 6 atom stereocenters. The number of rotatable bonds is 11. The van der Waals surface area contributed by atoms with Crippen LogP contribution in [0.4, 0.5) is 18.9 Å². The molecule has 6 aromatic rings. The van der Waals surface area contributed by atoms with Crippen LogP contribution in [0.25, 0.3) is 48.5 Å². The zero-order chi connectivity index (χ0) is 52.1. The molecule has 5 aromatic heterocycles. The lowest BCUT2D eigenvalue weighted by atomic mass is 9.94. The minimum Gasteiger partial charge on any atom is -0.325 e. The number of nitrogens with one attached hydrogen (secondary N) is 4. The number of halogens is 4. The van der Waals surface area contributed by atoms with Gasteiger partial charge in [-0.25, -0.2) is 4.98 Å². The van der Waals surface area contributed by atoms with E-state index in [9.17, 15) is 37.1 Å². The summed E-state index contributed by atoms with van der Waals surface area (Å²) in [5.41, 5.74) is 4.03. The van der Waals surface area contributed by atoms with E-state index < -0.39 is 29.1 Å². The largest absolute Gasteiger partial charge is 0.433 e. The molecule has 4 N–H and O–H groups in total. The summed E-state index contributed by atoms with van der Waals surface area (Å²) in [6.45, 7) is 14.6. The third-order valence-electron chi connectivity index (χ3n) is 16.7. The summed E-state index contributed by atoms with van der Waals surface area (Å²) in [6, 6.07) is 10.2. The van der Waals surface area contributed by atoms with Crippen molar-refractivity contribution in [3.63, 3.8) is 0 Å². The Morgan fingerprint density at radius 3 is 2.07 bits per heavy atom. The molecule has 2 saturated carbocycles. The molecule has 74 heavy (non-hydrogen) atoms. The van der Waals surface area contributed by atoms with E-state index in [0.717, 1.165) is 27.8 Å². The van der Waals surface area contributed by atoms with Gasteiger partial charge >= 0.3 is 6.18 Å². The molecule has 14 nitrogen and oxygen atoms in total. The van der Waals surface area contributed by atoms with Gasteiger partial charge in [0.05, 0.1) is 64.3 Å². The monoisotopic (exact) mass is 1060 g/mol.